The molecule has 0 unspecified atom stereocenters. The van der Waals surface area contributed by atoms with Crippen LogP contribution >= 0.6 is 11.6 Å². The molecule has 2 heteroatoms. The second-order valence-corrected chi connectivity index (χ2v) is 2.91. The number of aldehydes is 1. The van der Waals surface area contributed by atoms with Crippen LogP contribution in [0.3, 0.4) is 0 Å². The second-order valence-electron chi connectivity index (χ2n) is 2.48. The fourth-order valence-corrected chi connectivity index (χ4v) is 0.971. The van der Waals surface area contributed by atoms with Crippen LogP contribution in [-0.2, 0) is 4.79 Å². The number of halogens is 1. The van der Waals surface area contributed by atoms with Crippen LogP contribution in [0.1, 0.15) is 18.4 Å². The highest BCUT2D eigenvalue weighted by molar-refractivity contribution is 6.30. The minimum atomic E-state index is -0.0349. The number of carbonyl (C=O) groups excluding carboxylic acids is 1. The van der Waals surface area contributed by atoms with E-state index in [4.69, 9.17) is 11.6 Å². The van der Waals surface area contributed by atoms with E-state index in [1.54, 1.807) is 12.1 Å². The fourth-order valence-electron chi connectivity index (χ4n) is 0.845. The van der Waals surface area contributed by atoms with Crippen LogP contribution < -0.4 is 0 Å². The Morgan fingerprint density at radius 3 is 2.36 bits per heavy atom. The van der Waals surface area contributed by atoms with Crippen LogP contribution in [0.4, 0.5) is 0 Å². The standard InChI is InChI=1S/C9H9ClO/c1-7(6-11)8-2-4-9(10)5-3-8/h2-7H,1H3/t7-/m1/s1. The van der Waals surface area contributed by atoms with Crippen molar-refractivity contribution < 1.29 is 4.79 Å². The first-order chi connectivity index (χ1) is 5.24. The molecule has 0 fully saturated rings. The highest BCUT2D eigenvalue weighted by atomic mass is 35.5. The highest BCUT2D eigenvalue weighted by Gasteiger charge is 2.01. The van der Waals surface area contributed by atoms with E-state index >= 15 is 0 Å². The molecule has 0 spiro atoms. The second kappa shape index (κ2) is 3.54. The maximum atomic E-state index is 10.4. The van der Waals surface area contributed by atoms with Crippen molar-refractivity contribution in [2.75, 3.05) is 0 Å². The van der Waals surface area contributed by atoms with E-state index in [-0.39, 0.29) is 5.92 Å². The lowest BCUT2D eigenvalue weighted by Crippen LogP contribution is -1.92. The van der Waals surface area contributed by atoms with Crippen molar-refractivity contribution in [1.82, 2.24) is 0 Å². The normalized spacial score (nSPS) is 12.5. The van der Waals surface area contributed by atoms with E-state index in [9.17, 15) is 4.79 Å². The van der Waals surface area contributed by atoms with Crippen molar-refractivity contribution in [2.24, 2.45) is 0 Å². The summed E-state index contributed by atoms with van der Waals surface area (Å²) in [6.45, 7) is 1.86. The first-order valence-corrected chi connectivity index (χ1v) is 3.82. The summed E-state index contributed by atoms with van der Waals surface area (Å²) in [7, 11) is 0. The predicted molar refractivity (Wildman–Crippen MR) is 45.9 cm³/mol. The zero-order valence-electron chi connectivity index (χ0n) is 6.25. The Labute approximate surface area is 71.0 Å². The Kier molecular flexibility index (Phi) is 2.66. The number of hydrogen-bond donors (Lipinski definition) is 0. The van der Waals surface area contributed by atoms with E-state index in [1.165, 1.54) is 0 Å². The third-order valence-electron chi connectivity index (χ3n) is 1.60. The molecule has 1 aromatic carbocycles. The molecule has 0 bridgehead atoms. The van der Waals surface area contributed by atoms with E-state index < -0.39 is 0 Å². The Morgan fingerprint density at radius 1 is 1.36 bits per heavy atom. The molecule has 11 heavy (non-hydrogen) atoms. The van der Waals surface area contributed by atoms with Crippen LogP contribution in [0.25, 0.3) is 0 Å². The molecule has 1 rings (SSSR count). The molecule has 1 atom stereocenters. The molecule has 1 nitrogen and oxygen atoms in total. The van der Waals surface area contributed by atoms with E-state index in [1.807, 2.05) is 19.1 Å². The Bertz CT molecular complexity index is 240. The molecule has 0 N–H and O–H groups in total. The Balaban J connectivity index is 2.89. The van der Waals surface area contributed by atoms with Crippen LogP contribution in [0, 0.1) is 0 Å². The summed E-state index contributed by atoms with van der Waals surface area (Å²) >= 11 is 5.67. The molecular formula is C9H9ClO. The lowest BCUT2D eigenvalue weighted by Gasteiger charge is -2.02. The topological polar surface area (TPSA) is 17.1 Å². The van der Waals surface area contributed by atoms with Gasteiger partial charge in [-0.15, -0.1) is 0 Å². The highest BCUT2D eigenvalue weighted by Crippen LogP contribution is 2.15. The zero-order valence-corrected chi connectivity index (χ0v) is 7.01. The summed E-state index contributed by atoms with van der Waals surface area (Å²) in [6, 6.07) is 7.30. The smallest absolute Gasteiger partial charge is 0.127 e. The minimum absolute atomic E-state index is 0.0349. The van der Waals surface area contributed by atoms with Gasteiger partial charge in [-0.3, -0.25) is 0 Å². The van der Waals surface area contributed by atoms with Gasteiger partial charge in [0.25, 0.3) is 0 Å². The summed E-state index contributed by atoms with van der Waals surface area (Å²) in [5.41, 5.74) is 1.00. The molecule has 0 amide bonds. The maximum Gasteiger partial charge on any atom is 0.127 e. The molecule has 0 aromatic heterocycles. The van der Waals surface area contributed by atoms with Crippen molar-refractivity contribution in [3.8, 4) is 0 Å². The molecule has 0 saturated heterocycles. The molecule has 0 heterocycles. The van der Waals surface area contributed by atoms with Gasteiger partial charge in [0.15, 0.2) is 0 Å². The van der Waals surface area contributed by atoms with Crippen LogP contribution in [-0.4, -0.2) is 6.29 Å². The SMILES string of the molecule is C[C@H](C=O)c1ccc(Cl)cc1. The predicted octanol–water partition coefficient (Wildman–Crippen LogP) is 2.64. The lowest BCUT2D eigenvalue weighted by molar-refractivity contribution is -0.108. The van der Waals surface area contributed by atoms with Gasteiger partial charge in [0.2, 0.25) is 0 Å². The summed E-state index contributed by atoms with van der Waals surface area (Å²) in [4.78, 5) is 10.4. The van der Waals surface area contributed by atoms with Gasteiger partial charge in [0, 0.05) is 10.9 Å². The number of carbonyl (C=O) groups is 1. The van der Waals surface area contributed by atoms with Gasteiger partial charge in [0.05, 0.1) is 0 Å². The van der Waals surface area contributed by atoms with Crippen molar-refractivity contribution in [1.29, 1.82) is 0 Å². The molecule has 1 aromatic rings. The minimum Gasteiger partial charge on any atom is -0.303 e. The number of hydrogen-bond acceptors (Lipinski definition) is 1. The van der Waals surface area contributed by atoms with Crippen molar-refractivity contribution >= 4 is 17.9 Å². The largest absolute Gasteiger partial charge is 0.303 e. The molecule has 0 saturated carbocycles. The first kappa shape index (κ1) is 8.28. The van der Waals surface area contributed by atoms with E-state index in [2.05, 4.69) is 0 Å². The molecule has 0 radical (unpaired) electrons. The lowest BCUT2D eigenvalue weighted by atomic mass is 10.0. The van der Waals surface area contributed by atoms with Gasteiger partial charge >= 0.3 is 0 Å². The average molecular weight is 169 g/mol. The van der Waals surface area contributed by atoms with Crippen LogP contribution in [0.2, 0.25) is 5.02 Å². The van der Waals surface area contributed by atoms with Gasteiger partial charge < -0.3 is 4.79 Å². The molecule has 0 aliphatic rings. The van der Waals surface area contributed by atoms with Gasteiger partial charge in [0.1, 0.15) is 6.29 Å². The number of benzene rings is 1. The van der Waals surface area contributed by atoms with Gasteiger partial charge in [-0.1, -0.05) is 30.7 Å². The maximum absolute atomic E-state index is 10.4. The third kappa shape index (κ3) is 2.05. The Hall–Kier alpha value is -0.820. The zero-order chi connectivity index (χ0) is 8.27. The Morgan fingerprint density at radius 2 is 1.91 bits per heavy atom. The summed E-state index contributed by atoms with van der Waals surface area (Å²) in [6.07, 6.45) is 0.920. The van der Waals surface area contributed by atoms with Crippen LogP contribution in [0.5, 0.6) is 0 Å². The van der Waals surface area contributed by atoms with Crippen molar-refractivity contribution in [3.63, 3.8) is 0 Å². The van der Waals surface area contributed by atoms with Crippen molar-refractivity contribution in [2.45, 2.75) is 12.8 Å². The molecular weight excluding hydrogens is 160 g/mol. The quantitative estimate of drug-likeness (QED) is 0.621. The first-order valence-electron chi connectivity index (χ1n) is 3.45. The molecule has 58 valence electrons. The van der Waals surface area contributed by atoms with Gasteiger partial charge in [-0.25, -0.2) is 0 Å². The third-order valence-corrected chi connectivity index (χ3v) is 1.85. The molecule has 0 aliphatic carbocycles. The summed E-state index contributed by atoms with van der Waals surface area (Å²) in [5, 5.41) is 0.701. The summed E-state index contributed by atoms with van der Waals surface area (Å²) in [5.74, 6) is -0.0349. The molecule has 0 aliphatic heterocycles. The fraction of sp³-hybridized carbons (Fsp3) is 0.222. The van der Waals surface area contributed by atoms with Gasteiger partial charge in [-0.2, -0.15) is 0 Å². The monoisotopic (exact) mass is 168 g/mol. The average Bonchev–Trinajstić information content (AvgIpc) is 2.05. The van der Waals surface area contributed by atoms with Gasteiger partial charge in [-0.05, 0) is 17.7 Å². The van der Waals surface area contributed by atoms with E-state index in [0.29, 0.717) is 5.02 Å². The van der Waals surface area contributed by atoms with Crippen molar-refractivity contribution in [3.05, 3.63) is 34.9 Å². The number of rotatable bonds is 2. The van der Waals surface area contributed by atoms with E-state index in [0.717, 1.165) is 11.8 Å². The van der Waals surface area contributed by atoms with Crippen LogP contribution in [0.15, 0.2) is 24.3 Å². The summed E-state index contributed by atoms with van der Waals surface area (Å²) < 4.78 is 0.